The second-order valence-corrected chi connectivity index (χ2v) is 9.97. The molecule has 12 heteroatoms. The van der Waals surface area contributed by atoms with Crippen molar-refractivity contribution in [3.05, 3.63) is 95.9 Å². The molecule has 0 radical (unpaired) electrons. The lowest BCUT2D eigenvalue weighted by Gasteiger charge is -2.32. The Kier molecular flexibility index (Phi) is 7.19. The first-order chi connectivity index (χ1) is 19.6. The largest absolute Gasteiger partial charge is 0.405 e. The van der Waals surface area contributed by atoms with Crippen LogP contribution < -0.4 is 15.3 Å². The highest BCUT2D eigenvalue weighted by atomic mass is 32.1. The number of pyridine rings is 1. The number of amidine groups is 1. The summed E-state index contributed by atoms with van der Waals surface area (Å²) in [6.45, 7) is 2.47. The average molecular weight is 555 g/mol. The van der Waals surface area contributed by atoms with Crippen LogP contribution in [0.5, 0.6) is 0 Å². The van der Waals surface area contributed by atoms with E-state index in [2.05, 4.69) is 20.2 Å². The number of aliphatic imine (C=N–C) groups is 1. The number of hydrogen-bond donors (Lipinski definition) is 4. The number of hydroxylamine groups is 1. The van der Waals surface area contributed by atoms with Crippen LogP contribution in [0.15, 0.2) is 84.1 Å². The average Bonchev–Trinajstić information content (AvgIpc) is 3.46. The number of anilines is 2. The number of thiazole rings is 1. The minimum atomic E-state index is -1.05. The molecule has 202 valence electrons. The van der Waals surface area contributed by atoms with Crippen LogP contribution in [0.1, 0.15) is 16.8 Å². The van der Waals surface area contributed by atoms with Crippen molar-refractivity contribution in [2.75, 3.05) is 36.3 Å². The number of aromatic nitrogens is 2. The molecule has 0 saturated carbocycles. The van der Waals surface area contributed by atoms with Gasteiger partial charge < -0.3 is 14.4 Å². The minimum Gasteiger partial charge on any atom is -0.405 e. The van der Waals surface area contributed by atoms with Gasteiger partial charge in [-0.25, -0.2) is 15.0 Å². The summed E-state index contributed by atoms with van der Waals surface area (Å²) in [6, 6.07) is 20.3. The lowest BCUT2D eigenvalue weighted by atomic mass is 9.99. The number of ether oxygens (including phenoxy) is 2. The molecule has 4 heterocycles. The van der Waals surface area contributed by atoms with Crippen LogP contribution >= 0.6 is 11.3 Å². The highest BCUT2D eigenvalue weighted by molar-refractivity contribution is 7.19. The van der Waals surface area contributed by atoms with E-state index in [9.17, 15) is 5.21 Å². The molecular formula is C28H26N8O3S. The summed E-state index contributed by atoms with van der Waals surface area (Å²) < 4.78 is 11.1. The molecule has 1 atom stereocenters. The van der Waals surface area contributed by atoms with Crippen LogP contribution in [0.4, 0.5) is 10.7 Å². The smallest absolute Gasteiger partial charge is 0.291 e. The molecule has 0 amide bonds. The maximum Gasteiger partial charge on any atom is 0.291 e. The van der Waals surface area contributed by atoms with Gasteiger partial charge in [0.15, 0.2) is 5.69 Å². The van der Waals surface area contributed by atoms with Crippen LogP contribution in [-0.4, -0.2) is 65.4 Å². The second-order valence-electron chi connectivity index (χ2n) is 8.99. The van der Waals surface area contributed by atoms with E-state index in [1.165, 1.54) is 11.3 Å². The standard InChI is InChI=1S/C28H26N8O3S/c29-24(23-26(35-14-16-38-17-15-35)40-25(32-23)19-10-12-31-13-11-19)39-27(30)34-28-33-22(18-6-2-1-3-7-18)20-8-4-5-9-21(20)36(28)37/h1-13,28-29,37H,14-17H2,(H2,30,34). The van der Waals surface area contributed by atoms with E-state index in [1.54, 1.807) is 18.5 Å². The summed E-state index contributed by atoms with van der Waals surface area (Å²) in [4.78, 5) is 15.6. The first kappa shape index (κ1) is 25.6. The molecule has 1 unspecified atom stereocenters. The third-order valence-corrected chi connectivity index (χ3v) is 7.62. The molecule has 40 heavy (non-hydrogen) atoms. The summed E-state index contributed by atoms with van der Waals surface area (Å²) in [6.07, 6.45) is 2.34. The van der Waals surface area contributed by atoms with E-state index in [0.29, 0.717) is 48.4 Å². The van der Waals surface area contributed by atoms with Gasteiger partial charge >= 0.3 is 0 Å². The molecule has 11 nitrogen and oxygen atoms in total. The van der Waals surface area contributed by atoms with Gasteiger partial charge in [0.05, 0.1) is 24.6 Å². The third-order valence-electron chi connectivity index (χ3n) is 6.45. The molecule has 1 saturated heterocycles. The number of nitrogens with zero attached hydrogens (tertiary/aromatic N) is 5. The SMILES string of the molecule is N=C(NC1N=C(c2ccccc2)c2ccccc2N1O)OC(=N)c1nc(-c2ccncc2)sc1N1CCOCC1. The van der Waals surface area contributed by atoms with Crippen LogP contribution in [0, 0.1) is 10.8 Å². The molecule has 2 aromatic heterocycles. The van der Waals surface area contributed by atoms with Crippen molar-refractivity contribution in [2.45, 2.75) is 6.29 Å². The van der Waals surface area contributed by atoms with Crippen LogP contribution in [-0.2, 0) is 9.47 Å². The van der Waals surface area contributed by atoms with Crippen molar-refractivity contribution in [1.29, 1.82) is 10.8 Å². The first-order valence-corrected chi connectivity index (χ1v) is 13.5. The normalized spacial score (nSPS) is 16.6. The third kappa shape index (κ3) is 5.15. The summed E-state index contributed by atoms with van der Waals surface area (Å²) in [5.41, 5.74) is 4.03. The predicted molar refractivity (Wildman–Crippen MR) is 154 cm³/mol. The van der Waals surface area contributed by atoms with Crippen molar-refractivity contribution in [3.63, 3.8) is 0 Å². The van der Waals surface area contributed by atoms with E-state index in [-0.39, 0.29) is 5.90 Å². The van der Waals surface area contributed by atoms with E-state index < -0.39 is 12.3 Å². The fourth-order valence-electron chi connectivity index (χ4n) is 4.53. The number of nitrogens with one attached hydrogen (secondary N) is 3. The Bertz CT molecular complexity index is 1550. The molecule has 0 aliphatic carbocycles. The fraction of sp³-hybridized carbons (Fsp3) is 0.179. The minimum absolute atomic E-state index is 0.288. The van der Waals surface area contributed by atoms with Crippen molar-refractivity contribution in [2.24, 2.45) is 4.99 Å². The maximum absolute atomic E-state index is 11.0. The number of morpholine rings is 1. The quantitative estimate of drug-likeness (QED) is 0.215. The van der Waals surface area contributed by atoms with Gasteiger partial charge in [-0.3, -0.25) is 26.3 Å². The molecule has 0 bridgehead atoms. The number of rotatable bonds is 5. The summed E-state index contributed by atoms with van der Waals surface area (Å²) in [7, 11) is 0. The second kappa shape index (κ2) is 11.2. The zero-order valence-electron chi connectivity index (χ0n) is 21.3. The zero-order chi connectivity index (χ0) is 27.5. The lowest BCUT2D eigenvalue weighted by Crippen LogP contribution is -2.49. The Morgan fingerprint density at radius 3 is 2.48 bits per heavy atom. The Morgan fingerprint density at radius 1 is 0.975 bits per heavy atom. The summed E-state index contributed by atoms with van der Waals surface area (Å²) in [5.74, 6) is -0.288. The van der Waals surface area contributed by atoms with Crippen molar-refractivity contribution in [3.8, 4) is 10.6 Å². The van der Waals surface area contributed by atoms with Crippen molar-refractivity contribution in [1.82, 2.24) is 15.3 Å². The van der Waals surface area contributed by atoms with E-state index >= 15 is 0 Å². The molecule has 2 aliphatic heterocycles. The summed E-state index contributed by atoms with van der Waals surface area (Å²) in [5, 5.41) is 33.4. The monoisotopic (exact) mass is 554 g/mol. The molecule has 4 aromatic rings. The zero-order valence-corrected chi connectivity index (χ0v) is 22.1. The first-order valence-electron chi connectivity index (χ1n) is 12.6. The van der Waals surface area contributed by atoms with Gasteiger partial charge in [-0.15, -0.1) is 0 Å². The van der Waals surface area contributed by atoms with E-state index in [1.807, 2.05) is 60.7 Å². The number of hydrogen-bond acceptors (Lipinski definition) is 11. The molecule has 1 fully saturated rings. The summed E-state index contributed by atoms with van der Waals surface area (Å²) >= 11 is 1.45. The highest BCUT2D eigenvalue weighted by Gasteiger charge is 2.30. The number of benzene rings is 2. The van der Waals surface area contributed by atoms with Crippen molar-refractivity contribution < 1.29 is 14.7 Å². The lowest BCUT2D eigenvalue weighted by molar-refractivity contribution is 0.123. The molecule has 4 N–H and O–H groups in total. The Morgan fingerprint density at radius 2 is 1.70 bits per heavy atom. The van der Waals surface area contributed by atoms with Crippen LogP contribution in [0.3, 0.4) is 0 Å². The molecule has 2 aromatic carbocycles. The molecule has 6 rings (SSSR count). The van der Waals surface area contributed by atoms with Gasteiger partial charge in [-0.2, -0.15) is 0 Å². The van der Waals surface area contributed by atoms with Gasteiger partial charge in [0.2, 0.25) is 12.2 Å². The maximum atomic E-state index is 11.0. The predicted octanol–water partition coefficient (Wildman–Crippen LogP) is 3.94. The van der Waals surface area contributed by atoms with Gasteiger partial charge in [-0.05, 0) is 18.2 Å². The molecule has 0 spiro atoms. The highest BCUT2D eigenvalue weighted by Crippen LogP contribution is 2.35. The van der Waals surface area contributed by atoms with Crippen molar-refractivity contribution >= 4 is 39.7 Å². The topological polar surface area (TPSA) is 143 Å². The van der Waals surface area contributed by atoms with Gasteiger partial charge in [0.1, 0.15) is 10.0 Å². The fourth-order valence-corrected chi connectivity index (χ4v) is 5.65. The van der Waals surface area contributed by atoms with Crippen LogP contribution in [0.25, 0.3) is 10.6 Å². The van der Waals surface area contributed by atoms with Crippen LogP contribution in [0.2, 0.25) is 0 Å². The number of para-hydroxylation sites is 1. The van der Waals surface area contributed by atoms with Gasteiger partial charge in [0, 0.05) is 42.2 Å². The Hall–Kier alpha value is -4.65. The van der Waals surface area contributed by atoms with Gasteiger partial charge in [0.25, 0.3) is 6.02 Å². The van der Waals surface area contributed by atoms with Gasteiger partial charge in [-0.1, -0.05) is 59.9 Å². The molecule has 2 aliphatic rings. The van der Waals surface area contributed by atoms with E-state index in [4.69, 9.17) is 25.3 Å². The Labute approximate surface area is 234 Å². The molecular weight excluding hydrogens is 528 g/mol. The Balaban J connectivity index is 1.25. The van der Waals surface area contributed by atoms with E-state index in [0.717, 1.165) is 26.8 Å². The number of fused-ring (bicyclic) bond motifs is 1.